The molecule has 0 aliphatic carbocycles. The van der Waals surface area contributed by atoms with Crippen LogP contribution in [0.3, 0.4) is 0 Å². The lowest BCUT2D eigenvalue weighted by atomic mass is 9.88. The minimum absolute atomic E-state index is 0.0624. The highest BCUT2D eigenvalue weighted by Gasteiger charge is 2.17. The first kappa shape index (κ1) is 18.8. The molecule has 0 aliphatic heterocycles. The normalized spacial score (nSPS) is 10.7. The smallest absolute Gasteiger partial charge is 0.220 e. The van der Waals surface area contributed by atoms with Gasteiger partial charge in [0, 0.05) is 38.2 Å². The fraction of sp³-hybridized carbons (Fsp3) is 0.217. The summed E-state index contributed by atoms with van der Waals surface area (Å²) in [6.07, 6.45) is 2.22. The number of hydrogen-bond acceptors (Lipinski definition) is 3. The van der Waals surface area contributed by atoms with Gasteiger partial charge in [0.05, 0.1) is 5.69 Å². The van der Waals surface area contributed by atoms with Gasteiger partial charge in [0.25, 0.3) is 0 Å². The number of amides is 1. The zero-order chi connectivity index (χ0) is 18.7. The van der Waals surface area contributed by atoms with Crippen LogP contribution in [-0.4, -0.2) is 24.0 Å². The van der Waals surface area contributed by atoms with Gasteiger partial charge in [-0.2, -0.15) is 0 Å². The second-order valence-corrected chi connectivity index (χ2v) is 6.43. The quantitative estimate of drug-likeness (QED) is 0.575. The third-order valence-electron chi connectivity index (χ3n) is 4.45. The first-order chi connectivity index (χ1) is 13.3. The molecule has 0 fully saturated rings. The van der Waals surface area contributed by atoms with Crippen molar-refractivity contribution in [3.63, 3.8) is 0 Å². The highest BCUT2D eigenvalue weighted by atomic mass is 16.1. The van der Waals surface area contributed by atoms with E-state index in [1.165, 1.54) is 0 Å². The van der Waals surface area contributed by atoms with Crippen LogP contribution in [0.2, 0.25) is 0 Å². The molecule has 1 amide bonds. The van der Waals surface area contributed by atoms with Gasteiger partial charge in [-0.25, -0.2) is 0 Å². The number of hydrogen-bond donors (Lipinski definition) is 2. The number of carbonyl (C=O) groups excluding carboxylic acids is 1. The number of nitrogens with zero attached hydrogens (tertiary/aromatic N) is 1. The van der Waals surface area contributed by atoms with Gasteiger partial charge in [-0.3, -0.25) is 9.78 Å². The molecule has 3 aromatic rings. The number of carbonyl (C=O) groups is 1. The molecule has 0 radical (unpaired) electrons. The molecule has 2 N–H and O–H groups in total. The summed E-state index contributed by atoms with van der Waals surface area (Å²) < 4.78 is 0. The topological polar surface area (TPSA) is 54.0 Å². The number of benzene rings is 2. The molecule has 0 aliphatic rings. The summed E-state index contributed by atoms with van der Waals surface area (Å²) in [5.74, 6) is 0.126. The van der Waals surface area contributed by atoms with Gasteiger partial charge in [0.1, 0.15) is 0 Å². The fourth-order valence-corrected chi connectivity index (χ4v) is 3.07. The molecule has 3 rings (SSSR count). The van der Waals surface area contributed by atoms with Gasteiger partial charge in [-0.15, -0.1) is 0 Å². The Labute approximate surface area is 160 Å². The molecule has 2 aromatic carbocycles. The zero-order valence-corrected chi connectivity index (χ0v) is 15.3. The van der Waals surface area contributed by atoms with Crippen molar-refractivity contribution < 1.29 is 4.79 Å². The van der Waals surface area contributed by atoms with Gasteiger partial charge in [-0.05, 0) is 23.3 Å². The molecule has 1 aromatic heterocycles. The Balaban J connectivity index is 1.49. The van der Waals surface area contributed by atoms with Crippen LogP contribution in [0.4, 0.5) is 0 Å². The molecule has 0 spiro atoms. The summed E-state index contributed by atoms with van der Waals surface area (Å²) in [4.78, 5) is 16.8. The van der Waals surface area contributed by atoms with Crippen molar-refractivity contribution in [2.24, 2.45) is 0 Å². The summed E-state index contributed by atoms with van der Waals surface area (Å²) in [6, 6.07) is 26.3. The zero-order valence-electron chi connectivity index (χ0n) is 15.3. The first-order valence-corrected chi connectivity index (χ1v) is 9.30. The Hall–Kier alpha value is -2.98. The van der Waals surface area contributed by atoms with E-state index in [9.17, 15) is 4.79 Å². The second kappa shape index (κ2) is 10.2. The molecule has 0 unspecified atom stereocenters. The molecule has 138 valence electrons. The molecule has 0 atom stereocenters. The number of pyridine rings is 1. The molecule has 0 bridgehead atoms. The lowest BCUT2D eigenvalue weighted by Crippen LogP contribution is -2.32. The van der Waals surface area contributed by atoms with Crippen molar-refractivity contribution >= 4 is 5.91 Å². The summed E-state index contributed by atoms with van der Waals surface area (Å²) >= 11 is 0. The van der Waals surface area contributed by atoms with E-state index in [0.717, 1.165) is 16.8 Å². The maximum atomic E-state index is 12.5. The second-order valence-electron chi connectivity index (χ2n) is 6.43. The maximum Gasteiger partial charge on any atom is 0.220 e. The maximum absolute atomic E-state index is 12.5. The monoisotopic (exact) mass is 359 g/mol. The van der Waals surface area contributed by atoms with E-state index in [0.29, 0.717) is 26.1 Å². The number of nitrogens with one attached hydrogen (secondary N) is 2. The van der Waals surface area contributed by atoms with Crippen molar-refractivity contribution in [1.29, 1.82) is 0 Å². The van der Waals surface area contributed by atoms with E-state index in [4.69, 9.17) is 0 Å². The van der Waals surface area contributed by atoms with Gasteiger partial charge in [0.2, 0.25) is 5.91 Å². The van der Waals surface area contributed by atoms with Crippen LogP contribution < -0.4 is 10.6 Å². The summed E-state index contributed by atoms with van der Waals surface area (Å²) in [6.45, 7) is 2.01. The average Bonchev–Trinajstić information content (AvgIpc) is 2.74. The molecular weight excluding hydrogens is 334 g/mol. The molecule has 0 saturated carbocycles. The van der Waals surface area contributed by atoms with Crippen molar-refractivity contribution in [1.82, 2.24) is 15.6 Å². The van der Waals surface area contributed by atoms with Gasteiger partial charge < -0.3 is 10.6 Å². The molecule has 1 heterocycles. The summed E-state index contributed by atoms with van der Waals surface area (Å²) in [5.41, 5.74) is 3.32. The standard InChI is InChI=1S/C23H25N3O/c27-23(26-16-15-24-18-21-13-7-8-14-25-21)17-22(19-9-3-1-4-10-19)20-11-5-2-6-12-20/h1-14,22,24H,15-18H2,(H,26,27). The highest BCUT2D eigenvalue weighted by molar-refractivity contribution is 5.77. The van der Waals surface area contributed by atoms with Crippen LogP contribution in [-0.2, 0) is 11.3 Å². The first-order valence-electron chi connectivity index (χ1n) is 9.30. The molecule has 0 saturated heterocycles. The summed E-state index contributed by atoms with van der Waals surface area (Å²) in [7, 11) is 0. The SMILES string of the molecule is O=C(CC(c1ccccc1)c1ccccc1)NCCNCc1ccccn1. The van der Waals surface area contributed by atoms with Crippen LogP contribution in [0.1, 0.15) is 29.2 Å². The van der Waals surface area contributed by atoms with Crippen molar-refractivity contribution in [2.75, 3.05) is 13.1 Å². The van der Waals surface area contributed by atoms with Crippen molar-refractivity contribution in [2.45, 2.75) is 18.9 Å². The highest BCUT2D eigenvalue weighted by Crippen LogP contribution is 2.27. The van der Waals surface area contributed by atoms with E-state index < -0.39 is 0 Å². The largest absolute Gasteiger partial charge is 0.355 e. The van der Waals surface area contributed by atoms with Gasteiger partial charge in [0.15, 0.2) is 0 Å². The van der Waals surface area contributed by atoms with E-state index in [2.05, 4.69) is 39.9 Å². The van der Waals surface area contributed by atoms with Crippen LogP contribution in [0.25, 0.3) is 0 Å². The summed E-state index contributed by atoms with van der Waals surface area (Å²) in [5, 5.41) is 6.31. The van der Waals surface area contributed by atoms with Gasteiger partial charge in [-0.1, -0.05) is 66.7 Å². The Morgan fingerprint density at radius 2 is 1.44 bits per heavy atom. The lowest BCUT2D eigenvalue weighted by molar-refractivity contribution is -0.121. The molecular formula is C23H25N3O. The average molecular weight is 359 g/mol. The van der Waals surface area contributed by atoms with E-state index in [1.807, 2.05) is 54.6 Å². The third kappa shape index (κ3) is 6.04. The Bertz CT molecular complexity index is 767. The Morgan fingerprint density at radius 3 is 2.04 bits per heavy atom. The minimum Gasteiger partial charge on any atom is -0.355 e. The van der Waals surface area contributed by atoms with Crippen LogP contribution in [0.15, 0.2) is 85.1 Å². The number of rotatable bonds is 9. The van der Waals surface area contributed by atoms with Crippen molar-refractivity contribution in [3.05, 3.63) is 102 Å². The minimum atomic E-state index is 0.0624. The van der Waals surface area contributed by atoms with Crippen LogP contribution >= 0.6 is 0 Å². The molecule has 4 nitrogen and oxygen atoms in total. The predicted octanol–water partition coefficient (Wildman–Crippen LogP) is 3.51. The lowest BCUT2D eigenvalue weighted by Gasteiger charge is -2.18. The predicted molar refractivity (Wildman–Crippen MR) is 108 cm³/mol. The van der Waals surface area contributed by atoms with Crippen LogP contribution in [0.5, 0.6) is 0 Å². The Kier molecular flexibility index (Phi) is 7.13. The van der Waals surface area contributed by atoms with E-state index >= 15 is 0 Å². The third-order valence-corrected chi connectivity index (χ3v) is 4.45. The molecule has 4 heteroatoms. The van der Waals surface area contributed by atoms with Crippen molar-refractivity contribution in [3.8, 4) is 0 Å². The van der Waals surface area contributed by atoms with E-state index in [1.54, 1.807) is 6.20 Å². The Morgan fingerprint density at radius 1 is 0.815 bits per heavy atom. The number of aromatic nitrogens is 1. The fourth-order valence-electron chi connectivity index (χ4n) is 3.07. The molecule has 27 heavy (non-hydrogen) atoms. The van der Waals surface area contributed by atoms with E-state index in [-0.39, 0.29) is 11.8 Å². The van der Waals surface area contributed by atoms with Gasteiger partial charge >= 0.3 is 0 Å². The van der Waals surface area contributed by atoms with Crippen LogP contribution in [0, 0.1) is 0 Å².